The summed E-state index contributed by atoms with van der Waals surface area (Å²) in [6.07, 6.45) is 2.03. The van der Waals surface area contributed by atoms with E-state index in [1.807, 2.05) is 66.9 Å². The quantitative estimate of drug-likeness (QED) is 0.160. The Morgan fingerprint density at radius 2 is 0.719 bits per heavy atom. The highest BCUT2D eigenvalue weighted by Crippen LogP contribution is 2.55. The summed E-state index contributed by atoms with van der Waals surface area (Å²) in [5, 5.41) is 4.07. The third kappa shape index (κ3) is 5.13. The normalized spacial score (nSPS) is 12.7. The van der Waals surface area contributed by atoms with Crippen molar-refractivity contribution in [2.75, 3.05) is 0 Å². The second-order valence-electron chi connectivity index (χ2n) is 14.4. The smallest absolute Gasteiger partial charge is 0.165 e. The molecule has 2 heterocycles. The van der Waals surface area contributed by atoms with Crippen molar-refractivity contribution in [3.05, 3.63) is 223 Å². The molecule has 0 amide bonds. The van der Waals surface area contributed by atoms with Gasteiger partial charge in [-0.2, -0.15) is 0 Å². The molecule has 0 fully saturated rings. The number of hydrogen-bond acceptors (Lipinski definition) is 5. The van der Waals surface area contributed by atoms with Crippen molar-refractivity contribution in [3.63, 3.8) is 0 Å². The topological polar surface area (TPSA) is 64.5 Å². The van der Waals surface area contributed by atoms with Gasteiger partial charge in [-0.25, -0.2) is 24.9 Å². The molecule has 0 saturated carbocycles. The van der Waals surface area contributed by atoms with Gasteiger partial charge in [-0.15, -0.1) is 0 Å². The van der Waals surface area contributed by atoms with Gasteiger partial charge < -0.3 is 0 Å². The minimum Gasteiger partial charge on any atom is -0.236 e. The summed E-state index contributed by atoms with van der Waals surface area (Å²) in [6, 6.07) is 67.5. The highest BCUT2D eigenvalue weighted by Gasteiger charge is 2.48. The SMILES string of the molecule is c1ccc(-c2nc(-c3ccccc3)nc(-c3c4ccccc4c(-c4ncc5c(n4)C(c4ccccc4)(c4ccccc4)c4ccccc4-5)c4ccccc34)n2)cc1. The molecule has 0 atom stereocenters. The van der Waals surface area contributed by atoms with Crippen molar-refractivity contribution in [1.29, 1.82) is 0 Å². The third-order valence-electron chi connectivity index (χ3n) is 11.3. The zero-order valence-electron chi connectivity index (χ0n) is 30.8. The Hall–Kier alpha value is -7.63. The van der Waals surface area contributed by atoms with Gasteiger partial charge in [0.15, 0.2) is 23.3 Å². The van der Waals surface area contributed by atoms with E-state index in [0.717, 1.165) is 71.7 Å². The van der Waals surface area contributed by atoms with E-state index in [2.05, 4.69) is 133 Å². The van der Waals surface area contributed by atoms with Crippen LogP contribution in [0.1, 0.15) is 22.4 Å². The van der Waals surface area contributed by atoms with Crippen LogP contribution in [0.2, 0.25) is 0 Å². The molecular weight excluding hydrogens is 695 g/mol. The predicted molar refractivity (Wildman–Crippen MR) is 229 cm³/mol. The van der Waals surface area contributed by atoms with E-state index in [1.165, 1.54) is 5.56 Å². The summed E-state index contributed by atoms with van der Waals surface area (Å²) in [5.41, 5.74) is 9.81. The zero-order chi connectivity index (χ0) is 37.8. The molecular formula is C52H33N5. The summed E-state index contributed by atoms with van der Waals surface area (Å²) in [7, 11) is 0. The van der Waals surface area contributed by atoms with Crippen LogP contribution < -0.4 is 0 Å². The number of fused-ring (bicyclic) bond motifs is 5. The highest BCUT2D eigenvalue weighted by atomic mass is 15.0. The molecule has 5 heteroatoms. The number of nitrogens with zero attached hydrogens (tertiary/aromatic N) is 5. The second-order valence-corrected chi connectivity index (χ2v) is 14.4. The highest BCUT2D eigenvalue weighted by molar-refractivity contribution is 6.20. The minimum atomic E-state index is -0.649. The van der Waals surface area contributed by atoms with Crippen molar-refractivity contribution in [2.45, 2.75) is 5.41 Å². The van der Waals surface area contributed by atoms with Crippen molar-refractivity contribution in [1.82, 2.24) is 24.9 Å². The molecule has 0 N–H and O–H groups in total. The van der Waals surface area contributed by atoms with E-state index in [-0.39, 0.29) is 0 Å². The van der Waals surface area contributed by atoms with Crippen LogP contribution in [0.25, 0.3) is 78.2 Å². The first-order valence-electron chi connectivity index (χ1n) is 19.2. The van der Waals surface area contributed by atoms with Gasteiger partial charge in [-0.1, -0.05) is 194 Å². The zero-order valence-corrected chi connectivity index (χ0v) is 30.8. The summed E-state index contributed by atoms with van der Waals surface area (Å²) in [4.78, 5) is 26.3. The van der Waals surface area contributed by atoms with E-state index in [9.17, 15) is 0 Å². The van der Waals surface area contributed by atoms with E-state index >= 15 is 0 Å². The monoisotopic (exact) mass is 727 g/mol. The van der Waals surface area contributed by atoms with Crippen LogP contribution in [-0.2, 0) is 5.41 Å². The first-order chi connectivity index (χ1) is 28.3. The standard InChI is InChI=1S/C52H33N5/c1-5-19-34(20-6-1)48-55-49(35-21-7-2-8-22-35)57-51(56-48)46-41-30-15-13-28-39(41)45(40-29-14-16-31-42(40)46)50-53-33-43-38-27-17-18-32-44(38)52(47(43)54-50,36-23-9-3-10-24-36)37-25-11-4-12-26-37/h1-33H. The van der Waals surface area contributed by atoms with E-state index in [0.29, 0.717) is 23.3 Å². The third-order valence-corrected chi connectivity index (χ3v) is 11.3. The Morgan fingerprint density at radius 1 is 0.316 bits per heavy atom. The number of hydrogen-bond donors (Lipinski definition) is 0. The van der Waals surface area contributed by atoms with Crippen molar-refractivity contribution in [2.24, 2.45) is 0 Å². The number of aromatic nitrogens is 5. The van der Waals surface area contributed by atoms with Gasteiger partial charge in [0, 0.05) is 34.0 Å². The molecule has 0 radical (unpaired) electrons. The molecule has 57 heavy (non-hydrogen) atoms. The van der Waals surface area contributed by atoms with E-state index < -0.39 is 5.41 Å². The summed E-state index contributed by atoms with van der Waals surface area (Å²) in [5.74, 6) is 2.52. The fourth-order valence-corrected chi connectivity index (χ4v) is 8.82. The lowest BCUT2D eigenvalue weighted by atomic mass is 9.69. The Kier molecular flexibility index (Phi) is 7.64. The molecule has 0 spiro atoms. The maximum Gasteiger partial charge on any atom is 0.165 e. The minimum absolute atomic E-state index is 0.610. The summed E-state index contributed by atoms with van der Waals surface area (Å²) >= 11 is 0. The molecule has 5 nitrogen and oxygen atoms in total. The van der Waals surface area contributed by atoms with Gasteiger partial charge in [0.05, 0.1) is 11.1 Å². The maximum absolute atomic E-state index is 5.70. The Labute approximate surface area is 330 Å². The van der Waals surface area contributed by atoms with Gasteiger partial charge in [-0.05, 0) is 43.8 Å². The molecule has 11 rings (SSSR count). The molecule has 8 aromatic carbocycles. The molecule has 0 unspecified atom stereocenters. The fourth-order valence-electron chi connectivity index (χ4n) is 8.82. The molecule has 2 aromatic heterocycles. The first kappa shape index (κ1) is 32.8. The Balaban J connectivity index is 1.20. The average molecular weight is 728 g/mol. The molecule has 1 aliphatic rings. The molecule has 266 valence electrons. The molecule has 1 aliphatic carbocycles. The van der Waals surface area contributed by atoms with E-state index in [1.54, 1.807) is 0 Å². The molecule has 0 saturated heterocycles. The largest absolute Gasteiger partial charge is 0.236 e. The lowest BCUT2D eigenvalue weighted by molar-refractivity contribution is 0.736. The summed E-state index contributed by atoms with van der Waals surface area (Å²) < 4.78 is 0. The van der Waals surface area contributed by atoms with Crippen LogP contribution in [0.4, 0.5) is 0 Å². The van der Waals surface area contributed by atoms with Gasteiger partial charge >= 0.3 is 0 Å². The molecule has 0 aliphatic heterocycles. The van der Waals surface area contributed by atoms with Crippen LogP contribution in [0, 0.1) is 0 Å². The van der Waals surface area contributed by atoms with Crippen molar-refractivity contribution in [3.8, 4) is 56.7 Å². The average Bonchev–Trinajstić information content (AvgIpc) is 3.59. The Morgan fingerprint density at radius 3 is 1.23 bits per heavy atom. The van der Waals surface area contributed by atoms with Crippen LogP contribution in [-0.4, -0.2) is 24.9 Å². The van der Waals surface area contributed by atoms with Gasteiger partial charge in [-0.3, -0.25) is 0 Å². The van der Waals surface area contributed by atoms with Gasteiger partial charge in [0.1, 0.15) is 0 Å². The van der Waals surface area contributed by atoms with Crippen LogP contribution in [0.5, 0.6) is 0 Å². The van der Waals surface area contributed by atoms with Crippen LogP contribution in [0.3, 0.4) is 0 Å². The van der Waals surface area contributed by atoms with Crippen molar-refractivity contribution >= 4 is 21.5 Å². The lowest BCUT2D eigenvalue weighted by Gasteiger charge is -2.32. The maximum atomic E-state index is 5.70. The second kappa shape index (κ2) is 13.3. The predicted octanol–water partition coefficient (Wildman–Crippen LogP) is 12.0. The van der Waals surface area contributed by atoms with Crippen LogP contribution >= 0.6 is 0 Å². The van der Waals surface area contributed by atoms with Gasteiger partial charge in [0.25, 0.3) is 0 Å². The molecule has 10 aromatic rings. The summed E-state index contributed by atoms with van der Waals surface area (Å²) in [6.45, 7) is 0. The Bertz CT molecular complexity index is 2960. The molecule has 0 bridgehead atoms. The lowest BCUT2D eigenvalue weighted by Crippen LogP contribution is -2.29. The van der Waals surface area contributed by atoms with Crippen LogP contribution in [0.15, 0.2) is 200 Å². The number of benzene rings is 8. The van der Waals surface area contributed by atoms with Crippen molar-refractivity contribution < 1.29 is 0 Å². The van der Waals surface area contributed by atoms with Gasteiger partial charge in [0.2, 0.25) is 0 Å². The number of rotatable bonds is 6. The first-order valence-corrected chi connectivity index (χ1v) is 19.2. The van der Waals surface area contributed by atoms with E-state index in [4.69, 9.17) is 24.9 Å². The fraction of sp³-hybridized carbons (Fsp3) is 0.0192.